The predicted octanol–water partition coefficient (Wildman–Crippen LogP) is 5.04. The van der Waals surface area contributed by atoms with E-state index >= 15 is 0 Å². The number of benzene rings is 1. The van der Waals surface area contributed by atoms with Gasteiger partial charge in [-0.15, -0.1) is 0 Å². The summed E-state index contributed by atoms with van der Waals surface area (Å²) in [5.41, 5.74) is 3.42. The highest BCUT2D eigenvalue weighted by Crippen LogP contribution is 2.42. The van der Waals surface area contributed by atoms with Gasteiger partial charge in [0.1, 0.15) is 17.1 Å². The minimum Gasteiger partial charge on any atom is -0.507 e. The van der Waals surface area contributed by atoms with E-state index in [0.717, 1.165) is 19.3 Å². The minimum atomic E-state index is -0.738. The van der Waals surface area contributed by atoms with E-state index in [1.807, 2.05) is 6.92 Å². The van der Waals surface area contributed by atoms with Crippen molar-refractivity contribution in [1.82, 2.24) is 0 Å². The van der Waals surface area contributed by atoms with Crippen molar-refractivity contribution in [1.29, 1.82) is 0 Å². The Morgan fingerprint density at radius 2 is 2.00 bits per heavy atom. The average molecular weight is 373 g/mol. The largest absolute Gasteiger partial charge is 0.507 e. The molecule has 0 aromatic heterocycles. The highest BCUT2D eigenvalue weighted by molar-refractivity contribution is 5.83. The minimum absolute atomic E-state index is 0.0730. The number of phenols is 1. The lowest BCUT2D eigenvalue weighted by Gasteiger charge is -2.40. The van der Waals surface area contributed by atoms with Crippen LogP contribution in [0.15, 0.2) is 29.4 Å². The Morgan fingerprint density at radius 1 is 1.30 bits per heavy atom. The summed E-state index contributed by atoms with van der Waals surface area (Å²) in [6, 6.07) is 1.78. The second-order valence-electron chi connectivity index (χ2n) is 8.09. The molecule has 2 atom stereocenters. The highest BCUT2D eigenvalue weighted by atomic mass is 16.5. The molecule has 0 saturated heterocycles. The average Bonchev–Trinajstić information content (AvgIpc) is 2.57. The molecule has 4 nitrogen and oxygen atoms in total. The van der Waals surface area contributed by atoms with Gasteiger partial charge in [0, 0.05) is 12.0 Å². The molecule has 0 aliphatic carbocycles. The van der Waals surface area contributed by atoms with Crippen molar-refractivity contribution in [3.8, 4) is 11.5 Å². The lowest BCUT2D eigenvalue weighted by molar-refractivity contribution is -0.0593. The number of aliphatic hydroxyl groups excluding tert-OH is 1. The van der Waals surface area contributed by atoms with Crippen LogP contribution in [0.2, 0.25) is 0 Å². The van der Waals surface area contributed by atoms with Crippen molar-refractivity contribution in [3.63, 3.8) is 0 Å². The fraction of sp³-hybridized carbons (Fsp3) is 0.522. The van der Waals surface area contributed by atoms with E-state index in [-0.39, 0.29) is 17.7 Å². The number of aliphatic hydroxyl groups is 1. The molecule has 0 fully saturated rings. The summed E-state index contributed by atoms with van der Waals surface area (Å²) in [5, 5.41) is 21.0. The zero-order valence-electron chi connectivity index (χ0n) is 17.1. The number of phenolic OH excluding ortho intramolecular Hbond substituents is 1. The van der Waals surface area contributed by atoms with Gasteiger partial charge in [0.05, 0.1) is 11.7 Å². The van der Waals surface area contributed by atoms with Crippen molar-refractivity contribution in [2.24, 2.45) is 0 Å². The molecule has 1 aromatic carbocycles. The quantitative estimate of drug-likeness (QED) is 0.520. The Morgan fingerprint density at radius 3 is 2.63 bits per heavy atom. The van der Waals surface area contributed by atoms with E-state index in [1.165, 1.54) is 11.1 Å². The van der Waals surface area contributed by atoms with Crippen molar-refractivity contribution < 1.29 is 19.7 Å². The number of hydrogen-bond acceptors (Lipinski definition) is 4. The molecule has 0 spiro atoms. The number of aromatic hydroxyl groups is 1. The molecule has 0 radical (unpaired) electrons. The molecule has 27 heavy (non-hydrogen) atoms. The van der Waals surface area contributed by atoms with Crippen molar-refractivity contribution in [3.05, 3.63) is 46.1 Å². The van der Waals surface area contributed by atoms with Gasteiger partial charge in [-0.3, -0.25) is 4.79 Å². The van der Waals surface area contributed by atoms with Gasteiger partial charge in [0.25, 0.3) is 0 Å². The van der Waals surface area contributed by atoms with Crippen LogP contribution in [0.4, 0.5) is 0 Å². The molecule has 2 rings (SSSR count). The normalized spacial score (nSPS) is 22.0. The maximum Gasteiger partial charge on any atom is 0.154 e. The number of fused-ring (bicyclic) bond motifs is 1. The summed E-state index contributed by atoms with van der Waals surface area (Å²) in [7, 11) is 0. The van der Waals surface area contributed by atoms with Crippen LogP contribution in [-0.2, 0) is 6.42 Å². The molecule has 4 heteroatoms. The van der Waals surface area contributed by atoms with E-state index in [9.17, 15) is 15.0 Å². The van der Waals surface area contributed by atoms with Crippen LogP contribution in [-0.4, -0.2) is 28.2 Å². The molecule has 2 N–H and O–H groups in total. The second kappa shape index (κ2) is 8.75. The Balaban J connectivity index is 2.09. The molecule has 0 unspecified atom stereocenters. The Labute approximate surface area is 162 Å². The molecule has 1 aromatic rings. The third-order valence-electron chi connectivity index (χ3n) is 5.40. The molecule has 1 aliphatic heterocycles. The third kappa shape index (κ3) is 5.01. The molecule has 0 saturated carbocycles. The fourth-order valence-corrected chi connectivity index (χ4v) is 3.51. The van der Waals surface area contributed by atoms with Gasteiger partial charge in [-0.1, -0.05) is 23.3 Å². The maximum absolute atomic E-state index is 11.2. The summed E-state index contributed by atoms with van der Waals surface area (Å²) >= 11 is 0. The fourth-order valence-electron chi connectivity index (χ4n) is 3.51. The summed E-state index contributed by atoms with van der Waals surface area (Å²) in [5.74, 6) is 0.490. The van der Waals surface area contributed by atoms with Gasteiger partial charge in [0.15, 0.2) is 6.29 Å². The van der Waals surface area contributed by atoms with E-state index in [1.54, 1.807) is 13.0 Å². The number of rotatable bonds is 7. The zero-order valence-corrected chi connectivity index (χ0v) is 17.1. The molecular formula is C23H32O4. The summed E-state index contributed by atoms with van der Waals surface area (Å²) < 4.78 is 6.12. The molecule has 1 heterocycles. The first-order valence-corrected chi connectivity index (χ1v) is 9.64. The van der Waals surface area contributed by atoms with Gasteiger partial charge < -0.3 is 14.9 Å². The van der Waals surface area contributed by atoms with Crippen molar-refractivity contribution in [2.75, 3.05) is 0 Å². The molecule has 0 bridgehead atoms. The van der Waals surface area contributed by atoms with Gasteiger partial charge in [0.2, 0.25) is 0 Å². The Bertz CT molecular complexity index is 756. The summed E-state index contributed by atoms with van der Waals surface area (Å²) in [6.07, 6.45) is 8.24. The monoisotopic (exact) mass is 372 g/mol. The predicted molar refractivity (Wildman–Crippen MR) is 109 cm³/mol. The molecule has 148 valence electrons. The third-order valence-corrected chi connectivity index (χ3v) is 5.40. The first kappa shape index (κ1) is 21.2. The van der Waals surface area contributed by atoms with E-state index in [4.69, 9.17) is 4.74 Å². The van der Waals surface area contributed by atoms with Gasteiger partial charge in [-0.05, 0) is 71.9 Å². The standard InChI is InChI=1S/C23H32O4/c1-15(2)8-6-9-16(3)10-7-11-23(5)21(25)13-18-20(27-23)12-17(4)19(14-24)22(18)26/h8,10,12,14,21,25-26H,6-7,9,11,13H2,1-5H3/b16-10+/t21-,23+/m0/s1. The lowest BCUT2D eigenvalue weighted by Crippen LogP contribution is -2.49. The van der Waals surface area contributed by atoms with Crippen LogP contribution in [0.5, 0.6) is 11.5 Å². The van der Waals surface area contributed by atoms with Gasteiger partial charge in [-0.2, -0.15) is 0 Å². The Hall–Kier alpha value is -2.07. The first-order chi connectivity index (χ1) is 12.7. The van der Waals surface area contributed by atoms with Crippen LogP contribution in [0.1, 0.15) is 74.9 Å². The Kier molecular flexibility index (Phi) is 6.88. The number of allylic oxidation sites excluding steroid dienone is 4. The topological polar surface area (TPSA) is 66.8 Å². The SMILES string of the molecule is CC(C)=CCC/C(C)=C/CC[C@@]1(C)Oc2cc(C)c(C=O)c(O)c2C[C@@H]1O. The second-order valence-corrected chi connectivity index (χ2v) is 8.09. The smallest absolute Gasteiger partial charge is 0.154 e. The van der Waals surface area contributed by atoms with Gasteiger partial charge in [-0.25, -0.2) is 0 Å². The van der Waals surface area contributed by atoms with E-state index in [0.29, 0.717) is 29.6 Å². The summed E-state index contributed by atoms with van der Waals surface area (Å²) in [6.45, 7) is 10.0. The maximum atomic E-state index is 11.2. The van der Waals surface area contributed by atoms with Crippen LogP contribution in [0, 0.1) is 6.92 Å². The number of hydrogen-bond donors (Lipinski definition) is 2. The highest BCUT2D eigenvalue weighted by Gasteiger charge is 2.40. The number of aryl methyl sites for hydroxylation is 1. The summed E-state index contributed by atoms with van der Waals surface area (Å²) in [4.78, 5) is 11.2. The van der Waals surface area contributed by atoms with Crippen LogP contribution in [0.3, 0.4) is 0 Å². The molecule has 1 aliphatic rings. The van der Waals surface area contributed by atoms with Crippen molar-refractivity contribution in [2.45, 2.75) is 78.4 Å². The van der Waals surface area contributed by atoms with Crippen LogP contribution in [0.25, 0.3) is 0 Å². The van der Waals surface area contributed by atoms with Crippen molar-refractivity contribution >= 4 is 6.29 Å². The molecular weight excluding hydrogens is 340 g/mol. The first-order valence-electron chi connectivity index (χ1n) is 9.64. The lowest BCUT2D eigenvalue weighted by atomic mass is 9.84. The van der Waals surface area contributed by atoms with Gasteiger partial charge >= 0.3 is 0 Å². The van der Waals surface area contributed by atoms with E-state index in [2.05, 4.69) is 32.9 Å². The number of ether oxygens (including phenoxy) is 1. The molecule has 0 amide bonds. The number of carbonyl (C=O) groups excluding carboxylic acids is 1. The number of aldehydes is 1. The van der Waals surface area contributed by atoms with Crippen LogP contribution < -0.4 is 4.74 Å². The number of carbonyl (C=O) groups is 1. The van der Waals surface area contributed by atoms with Crippen LogP contribution >= 0.6 is 0 Å². The zero-order chi connectivity index (χ0) is 20.2. The van der Waals surface area contributed by atoms with E-state index < -0.39 is 11.7 Å².